The van der Waals surface area contributed by atoms with Crippen LogP contribution in [-0.2, 0) is 13.6 Å². The number of aromatic nitrogens is 2. The molecule has 0 amide bonds. The number of rotatable bonds is 8. The van der Waals surface area contributed by atoms with E-state index in [4.69, 9.17) is 13.6 Å². The van der Waals surface area contributed by atoms with Crippen LogP contribution in [0.3, 0.4) is 0 Å². The van der Waals surface area contributed by atoms with Crippen LogP contribution in [0.5, 0.6) is 0 Å². The number of ether oxygens (including phenoxy) is 1. The number of aromatic amines is 1. The van der Waals surface area contributed by atoms with Crippen molar-refractivity contribution in [1.29, 1.82) is 0 Å². The van der Waals surface area contributed by atoms with Crippen molar-refractivity contribution < 1.29 is 18.4 Å². The van der Waals surface area contributed by atoms with Gasteiger partial charge < -0.3 is 18.5 Å². The van der Waals surface area contributed by atoms with Crippen LogP contribution in [0, 0.1) is 11.8 Å². The molecule has 0 aliphatic carbocycles. The van der Waals surface area contributed by atoms with Gasteiger partial charge in [-0.2, -0.15) is 0 Å². The standard InChI is InChI=1S/C36H51N3O6Si2/c1-35(2,3)46(9,10)43-23-31-30(45-47(11,12)36(4,5)6)21-32(44-31)39-22-27(33(41)37-34(39)42)16-18-29(40)26-14-13-25-20-28(38(7)8)17-15-24(25)19-26/h13-15,17,19-20,22,30-32H,21,23H2,1-12H3,(H,37,41,42)/t30-,31+,32+/m0/s1. The van der Waals surface area contributed by atoms with Gasteiger partial charge in [-0.3, -0.25) is 19.1 Å². The van der Waals surface area contributed by atoms with Gasteiger partial charge in [0.05, 0.1) is 12.7 Å². The normalized spacial score (nSPS) is 19.0. The molecule has 254 valence electrons. The molecule has 1 aromatic heterocycles. The Morgan fingerprint density at radius 2 is 1.60 bits per heavy atom. The van der Waals surface area contributed by atoms with Crippen molar-refractivity contribution in [2.45, 2.75) is 103 Å². The van der Waals surface area contributed by atoms with E-state index < -0.39 is 46.0 Å². The molecule has 2 aromatic carbocycles. The van der Waals surface area contributed by atoms with Gasteiger partial charge in [0.2, 0.25) is 5.78 Å². The Kier molecular flexibility index (Phi) is 10.4. The molecule has 2 heterocycles. The Labute approximate surface area is 280 Å². The van der Waals surface area contributed by atoms with Gasteiger partial charge in [-0.05, 0) is 77.2 Å². The van der Waals surface area contributed by atoms with Crippen LogP contribution in [0.2, 0.25) is 36.3 Å². The minimum absolute atomic E-state index is 0.000743. The van der Waals surface area contributed by atoms with Crippen molar-refractivity contribution in [2.24, 2.45) is 0 Å². The molecule has 0 bridgehead atoms. The maximum Gasteiger partial charge on any atom is 0.330 e. The highest BCUT2D eigenvalue weighted by atomic mass is 28.4. The highest BCUT2D eigenvalue weighted by Gasteiger charge is 2.46. The summed E-state index contributed by atoms with van der Waals surface area (Å²) in [5.74, 6) is 4.88. The highest BCUT2D eigenvalue weighted by molar-refractivity contribution is 6.74. The molecule has 0 unspecified atom stereocenters. The number of H-pyrrole nitrogens is 1. The zero-order chi connectivity index (χ0) is 35.1. The minimum Gasteiger partial charge on any atom is -0.414 e. The third-order valence-electron chi connectivity index (χ3n) is 10.0. The monoisotopic (exact) mass is 677 g/mol. The van der Waals surface area contributed by atoms with Crippen molar-refractivity contribution >= 4 is 38.9 Å². The average molecular weight is 678 g/mol. The third kappa shape index (κ3) is 8.24. The summed E-state index contributed by atoms with van der Waals surface area (Å²) in [5.41, 5.74) is 0.207. The zero-order valence-corrected chi connectivity index (χ0v) is 32.0. The van der Waals surface area contributed by atoms with Crippen LogP contribution >= 0.6 is 0 Å². The van der Waals surface area contributed by atoms with Crippen LogP contribution in [0.15, 0.2) is 52.2 Å². The fourth-order valence-corrected chi connectivity index (χ4v) is 7.22. The van der Waals surface area contributed by atoms with Crippen LogP contribution in [0.1, 0.15) is 70.1 Å². The van der Waals surface area contributed by atoms with E-state index in [0.717, 1.165) is 16.5 Å². The predicted octanol–water partition coefficient (Wildman–Crippen LogP) is 6.69. The van der Waals surface area contributed by atoms with E-state index >= 15 is 0 Å². The minimum atomic E-state index is -2.20. The number of hydrogen-bond acceptors (Lipinski definition) is 7. The van der Waals surface area contributed by atoms with Crippen molar-refractivity contribution in [2.75, 3.05) is 25.6 Å². The molecule has 1 N–H and O–H groups in total. The van der Waals surface area contributed by atoms with Gasteiger partial charge in [0.15, 0.2) is 16.6 Å². The number of Topliss-reactive ketones (excluding diaryl/α,β-unsaturated/α-hetero) is 1. The molecule has 1 aliphatic heterocycles. The van der Waals surface area contributed by atoms with Gasteiger partial charge in [0.25, 0.3) is 5.56 Å². The SMILES string of the molecule is CN(C)c1ccc2cc(C(=O)C#Cc3cn([C@H]4C[C@H](O[Si](C)(C)C(C)(C)C)[C@@H](CO[Si](C)(C)C(C)(C)C)O4)c(=O)[nH]c3=O)ccc2c1. The van der Waals surface area contributed by atoms with Crippen molar-refractivity contribution in [3.05, 3.63) is 74.6 Å². The van der Waals surface area contributed by atoms with Gasteiger partial charge in [-0.1, -0.05) is 59.6 Å². The summed E-state index contributed by atoms with van der Waals surface area (Å²) in [6.45, 7) is 22.2. The number of hydrogen-bond donors (Lipinski definition) is 1. The number of anilines is 1. The fraction of sp³-hybridized carbons (Fsp3) is 0.528. The van der Waals surface area contributed by atoms with Gasteiger partial charge in [0, 0.05) is 38.0 Å². The van der Waals surface area contributed by atoms with Crippen LogP contribution in [-0.4, -0.2) is 64.9 Å². The Bertz CT molecular complexity index is 1820. The van der Waals surface area contributed by atoms with Crippen molar-refractivity contribution in [3.8, 4) is 11.8 Å². The molecule has 11 heteroatoms. The summed E-state index contributed by atoms with van der Waals surface area (Å²) in [5, 5.41) is 1.91. The second-order valence-corrected chi connectivity index (χ2v) is 25.3. The van der Waals surface area contributed by atoms with Crippen LogP contribution in [0.4, 0.5) is 5.69 Å². The largest absolute Gasteiger partial charge is 0.414 e. The second kappa shape index (κ2) is 13.3. The number of benzene rings is 2. The molecule has 0 spiro atoms. The summed E-state index contributed by atoms with van der Waals surface area (Å²) >= 11 is 0. The molecule has 1 fully saturated rings. The van der Waals surface area contributed by atoms with Gasteiger partial charge in [-0.15, -0.1) is 0 Å². The first-order valence-electron chi connectivity index (χ1n) is 16.2. The maximum absolute atomic E-state index is 13.1. The van der Waals surface area contributed by atoms with Crippen molar-refractivity contribution in [1.82, 2.24) is 9.55 Å². The Morgan fingerprint density at radius 3 is 2.21 bits per heavy atom. The average Bonchev–Trinajstić information content (AvgIpc) is 3.35. The number of carbonyl (C=O) groups excluding carboxylic acids is 1. The van der Waals surface area contributed by atoms with Gasteiger partial charge >= 0.3 is 5.69 Å². The molecule has 1 aliphatic rings. The number of ketones is 1. The summed E-state index contributed by atoms with van der Waals surface area (Å²) < 4.78 is 21.2. The van der Waals surface area contributed by atoms with E-state index in [1.54, 1.807) is 12.1 Å². The zero-order valence-electron chi connectivity index (χ0n) is 30.0. The first kappa shape index (κ1) is 36.6. The van der Waals surface area contributed by atoms with Crippen LogP contribution in [0.25, 0.3) is 10.8 Å². The third-order valence-corrected chi connectivity index (χ3v) is 19.0. The summed E-state index contributed by atoms with van der Waals surface area (Å²) in [7, 11) is -0.342. The van der Waals surface area contributed by atoms with E-state index in [1.165, 1.54) is 10.8 Å². The van der Waals surface area contributed by atoms with Crippen molar-refractivity contribution in [3.63, 3.8) is 0 Å². The molecule has 0 saturated carbocycles. The highest BCUT2D eigenvalue weighted by Crippen LogP contribution is 2.42. The van der Waals surface area contributed by atoms with E-state index in [9.17, 15) is 14.4 Å². The first-order valence-corrected chi connectivity index (χ1v) is 22.0. The molecule has 1 saturated heterocycles. The lowest BCUT2D eigenvalue weighted by molar-refractivity contribution is -0.0412. The lowest BCUT2D eigenvalue weighted by atomic mass is 10.0. The Balaban J connectivity index is 1.61. The lowest BCUT2D eigenvalue weighted by Gasteiger charge is -2.40. The number of fused-ring (bicyclic) bond motifs is 1. The topological polar surface area (TPSA) is 103 Å². The van der Waals surface area contributed by atoms with E-state index in [2.05, 4.69) is 90.6 Å². The molecule has 3 atom stereocenters. The molecule has 4 rings (SSSR count). The molecule has 0 radical (unpaired) electrons. The van der Waals surface area contributed by atoms with E-state index in [-0.39, 0.29) is 21.7 Å². The number of carbonyl (C=O) groups is 1. The lowest BCUT2D eigenvalue weighted by Crippen LogP contribution is -2.48. The molecular formula is C36H51N3O6Si2. The summed E-state index contributed by atoms with van der Waals surface area (Å²) in [4.78, 5) is 43.3. The second-order valence-electron chi connectivity index (χ2n) is 15.8. The number of nitrogens with zero attached hydrogens (tertiary/aromatic N) is 2. The summed E-state index contributed by atoms with van der Waals surface area (Å²) in [6, 6.07) is 11.4. The van der Waals surface area contributed by atoms with Gasteiger partial charge in [-0.25, -0.2) is 4.79 Å². The van der Waals surface area contributed by atoms with Gasteiger partial charge in [0.1, 0.15) is 17.9 Å². The molecule has 9 nitrogen and oxygen atoms in total. The fourth-order valence-electron chi connectivity index (χ4n) is 4.84. The molecular weight excluding hydrogens is 627 g/mol. The molecule has 3 aromatic rings. The Morgan fingerprint density at radius 1 is 0.979 bits per heavy atom. The Hall–Kier alpha value is -3.28. The van der Waals surface area contributed by atoms with E-state index in [0.29, 0.717) is 18.6 Å². The van der Waals surface area contributed by atoms with Crippen LogP contribution < -0.4 is 16.1 Å². The predicted molar refractivity (Wildman–Crippen MR) is 195 cm³/mol. The number of nitrogens with one attached hydrogen (secondary N) is 1. The first-order chi connectivity index (χ1) is 21.6. The maximum atomic E-state index is 13.1. The quantitative estimate of drug-likeness (QED) is 0.161. The van der Waals surface area contributed by atoms with E-state index in [1.807, 2.05) is 37.2 Å². The molecule has 47 heavy (non-hydrogen) atoms. The summed E-state index contributed by atoms with van der Waals surface area (Å²) in [6.07, 6.45) is 0.381. The smallest absolute Gasteiger partial charge is 0.330 e.